The van der Waals surface area contributed by atoms with Gasteiger partial charge in [0.1, 0.15) is 0 Å². The van der Waals surface area contributed by atoms with Crippen molar-refractivity contribution in [3.63, 3.8) is 0 Å². The van der Waals surface area contributed by atoms with Crippen LogP contribution in [-0.2, 0) is 0 Å². The zero-order valence-corrected chi connectivity index (χ0v) is 21.7. The van der Waals surface area contributed by atoms with E-state index in [4.69, 9.17) is 0 Å². The van der Waals surface area contributed by atoms with Gasteiger partial charge in [-0.2, -0.15) is 0 Å². The number of nitrogens with one attached hydrogen (secondary N) is 1. The van der Waals surface area contributed by atoms with E-state index in [0.717, 1.165) is 0 Å². The number of fused-ring (bicyclic) bond motifs is 2. The van der Waals surface area contributed by atoms with Crippen LogP contribution >= 0.6 is 11.3 Å². The molecule has 0 aliphatic carbocycles. The van der Waals surface area contributed by atoms with Crippen LogP contribution < -0.4 is 0 Å². The number of benzene rings is 2. The van der Waals surface area contributed by atoms with E-state index in [-0.39, 0.29) is 7.43 Å². The lowest BCUT2D eigenvalue weighted by Gasteiger charge is -2.12. The molecule has 0 saturated carbocycles. The third-order valence-corrected chi connectivity index (χ3v) is 8.53. The van der Waals surface area contributed by atoms with Crippen LogP contribution in [0.5, 0.6) is 0 Å². The molecular weight excluding hydrogens is 394 g/mol. The summed E-state index contributed by atoms with van der Waals surface area (Å²) in [5.41, 5.74) is 14.2. The number of aromatic amines is 1. The molecule has 0 radical (unpaired) electrons. The van der Waals surface area contributed by atoms with Crippen molar-refractivity contribution in [2.45, 2.75) is 90.5 Å². The Labute approximate surface area is 193 Å². The molecule has 0 amide bonds. The lowest BCUT2D eigenvalue weighted by molar-refractivity contribution is 1.20. The van der Waals surface area contributed by atoms with Crippen LogP contribution in [0.15, 0.2) is 0 Å². The van der Waals surface area contributed by atoms with E-state index in [2.05, 4.69) is 88.1 Å². The molecule has 0 spiro atoms. The first-order valence-corrected chi connectivity index (χ1v) is 11.7. The van der Waals surface area contributed by atoms with Crippen LogP contribution in [0.4, 0.5) is 0 Å². The second-order valence-corrected chi connectivity index (χ2v) is 10.5. The summed E-state index contributed by atoms with van der Waals surface area (Å²) in [6.45, 7) is 26.7. The van der Waals surface area contributed by atoms with Gasteiger partial charge in [0, 0.05) is 31.9 Å². The maximum absolute atomic E-state index is 3.45. The van der Waals surface area contributed by atoms with E-state index in [1.165, 1.54) is 87.2 Å². The van der Waals surface area contributed by atoms with Crippen LogP contribution in [0.25, 0.3) is 21.5 Å². The number of H-pyrrole nitrogens is 1. The zero-order valence-electron chi connectivity index (χ0n) is 20.9. The molecule has 2 aromatic heterocycles. The number of thiophene rings is 1. The minimum absolute atomic E-state index is 0. The van der Waals surface area contributed by atoms with Gasteiger partial charge < -0.3 is 4.98 Å². The highest BCUT2D eigenvalue weighted by atomic mass is 32.1. The summed E-state index contributed by atoms with van der Waals surface area (Å²) in [5, 5.41) is 5.84. The summed E-state index contributed by atoms with van der Waals surface area (Å²) in [6, 6.07) is 0. The molecule has 0 aliphatic rings. The van der Waals surface area contributed by atoms with Gasteiger partial charge in [-0.3, -0.25) is 0 Å². The minimum atomic E-state index is 0. The second kappa shape index (κ2) is 8.82. The first-order chi connectivity index (χ1) is 13.9. The Morgan fingerprint density at radius 1 is 0.387 bits per heavy atom. The largest absolute Gasteiger partial charge is 0.362 e. The predicted octanol–water partition coefficient (Wildman–Crippen LogP) is 9.41. The normalized spacial score (nSPS) is 11.0. The molecule has 0 bridgehead atoms. The Balaban J connectivity index is 0.000000213. The van der Waals surface area contributed by atoms with E-state index >= 15 is 0 Å². The first kappa shape index (κ1) is 25.2. The van der Waals surface area contributed by atoms with Gasteiger partial charge in [0.25, 0.3) is 0 Å². The summed E-state index contributed by atoms with van der Waals surface area (Å²) in [4.78, 5) is 6.38. The van der Waals surface area contributed by atoms with Crippen LogP contribution in [0.2, 0.25) is 0 Å². The summed E-state index contributed by atoms with van der Waals surface area (Å²) < 4.78 is 0. The van der Waals surface area contributed by atoms with Crippen LogP contribution in [0, 0.1) is 83.1 Å². The van der Waals surface area contributed by atoms with Gasteiger partial charge in [0.05, 0.1) is 0 Å². The van der Waals surface area contributed by atoms with Gasteiger partial charge in [-0.15, -0.1) is 11.3 Å². The molecule has 0 unspecified atom stereocenters. The fourth-order valence-electron chi connectivity index (χ4n) is 5.18. The summed E-state index contributed by atoms with van der Waals surface area (Å²) in [5.74, 6) is 0. The Bertz CT molecular complexity index is 1100. The molecule has 168 valence electrons. The van der Waals surface area contributed by atoms with Crippen molar-refractivity contribution in [1.82, 2.24) is 4.98 Å². The second-order valence-electron chi connectivity index (χ2n) is 9.09. The van der Waals surface area contributed by atoms with E-state index in [0.29, 0.717) is 0 Å². The van der Waals surface area contributed by atoms with E-state index in [9.17, 15) is 0 Å². The van der Waals surface area contributed by atoms with E-state index in [1.54, 1.807) is 0 Å². The average molecular weight is 436 g/mol. The van der Waals surface area contributed by atoms with E-state index < -0.39 is 0 Å². The van der Waals surface area contributed by atoms with E-state index in [1.807, 2.05) is 11.3 Å². The monoisotopic (exact) mass is 435 g/mol. The molecule has 1 nitrogen and oxygen atoms in total. The quantitative estimate of drug-likeness (QED) is 0.283. The van der Waals surface area contributed by atoms with Gasteiger partial charge in [-0.1, -0.05) is 7.43 Å². The predicted molar refractivity (Wildman–Crippen MR) is 144 cm³/mol. The molecule has 1 N–H and O–H groups in total. The maximum Gasteiger partial charge on any atom is 0.0200 e. The van der Waals surface area contributed by atoms with Gasteiger partial charge in [0.15, 0.2) is 0 Å². The molecule has 2 aromatic carbocycles. The van der Waals surface area contributed by atoms with Gasteiger partial charge in [-0.25, -0.2) is 0 Å². The molecule has 4 rings (SSSR count). The van der Waals surface area contributed by atoms with Crippen molar-refractivity contribution < 1.29 is 0 Å². The summed E-state index contributed by atoms with van der Waals surface area (Å²) in [6.07, 6.45) is 0. The SMILES string of the molecule is C.Cc1c(C)c(C)c2c(C)[nH]c(C)c2c1C.Cc1c(C)c(C)c2c(C)sc(C)c2c1C. The van der Waals surface area contributed by atoms with Crippen molar-refractivity contribution in [2.24, 2.45) is 0 Å². The van der Waals surface area contributed by atoms with Crippen molar-refractivity contribution in [3.05, 3.63) is 65.6 Å². The fraction of sp³-hybridized carbons (Fsp3) is 0.448. The first-order valence-electron chi connectivity index (χ1n) is 10.9. The molecule has 2 heterocycles. The lowest BCUT2D eigenvalue weighted by atomic mass is 9.92. The molecule has 0 aliphatic heterocycles. The van der Waals surface area contributed by atoms with Crippen molar-refractivity contribution >= 4 is 32.9 Å². The number of aryl methyl sites for hydroxylation is 8. The Kier molecular flexibility index (Phi) is 7.17. The highest BCUT2D eigenvalue weighted by molar-refractivity contribution is 7.13. The third kappa shape index (κ3) is 3.84. The molecular formula is C29H41NS. The van der Waals surface area contributed by atoms with Gasteiger partial charge in [0.2, 0.25) is 0 Å². The Morgan fingerprint density at radius 3 is 0.935 bits per heavy atom. The molecule has 4 aromatic rings. The molecule has 2 heteroatoms. The fourth-order valence-corrected chi connectivity index (χ4v) is 6.35. The van der Waals surface area contributed by atoms with Crippen LogP contribution in [0.3, 0.4) is 0 Å². The number of aromatic nitrogens is 1. The Hall–Kier alpha value is -2.06. The maximum atomic E-state index is 3.45. The average Bonchev–Trinajstić information content (AvgIpc) is 3.16. The molecule has 31 heavy (non-hydrogen) atoms. The lowest BCUT2D eigenvalue weighted by Crippen LogP contribution is -1.93. The number of hydrogen-bond donors (Lipinski definition) is 1. The molecule has 0 saturated heterocycles. The smallest absolute Gasteiger partial charge is 0.0200 e. The number of rotatable bonds is 0. The standard InChI is InChI=1S/C14H19N.C14H18S.CH4/c2*1-7-8(2)10(4)14-12(6)15-11(5)13(14)9(7)3;/h15H,1-6H3;1-6H3;1H4. The summed E-state index contributed by atoms with van der Waals surface area (Å²) >= 11 is 1.93. The van der Waals surface area contributed by atoms with Gasteiger partial charge in [-0.05, 0) is 138 Å². The summed E-state index contributed by atoms with van der Waals surface area (Å²) in [7, 11) is 0. The van der Waals surface area contributed by atoms with Gasteiger partial charge >= 0.3 is 0 Å². The van der Waals surface area contributed by atoms with Crippen molar-refractivity contribution in [1.29, 1.82) is 0 Å². The third-order valence-electron chi connectivity index (χ3n) is 7.51. The number of hydrogen-bond acceptors (Lipinski definition) is 1. The molecule has 0 fully saturated rings. The Morgan fingerprint density at radius 2 is 0.645 bits per heavy atom. The topological polar surface area (TPSA) is 15.8 Å². The highest BCUT2D eigenvalue weighted by Crippen LogP contribution is 2.38. The minimum Gasteiger partial charge on any atom is -0.362 e. The van der Waals surface area contributed by atoms with Crippen molar-refractivity contribution in [3.8, 4) is 0 Å². The molecule has 0 atom stereocenters. The van der Waals surface area contributed by atoms with Crippen molar-refractivity contribution in [2.75, 3.05) is 0 Å². The highest BCUT2D eigenvalue weighted by Gasteiger charge is 2.15. The zero-order chi connectivity index (χ0) is 22.7. The van der Waals surface area contributed by atoms with Crippen LogP contribution in [-0.4, -0.2) is 4.98 Å². The van der Waals surface area contributed by atoms with Crippen LogP contribution in [0.1, 0.15) is 73.1 Å².